The van der Waals surface area contributed by atoms with E-state index in [2.05, 4.69) is 4.98 Å². The van der Waals surface area contributed by atoms with E-state index in [1.165, 1.54) is 0 Å². The van der Waals surface area contributed by atoms with Crippen LogP contribution in [-0.2, 0) is 11.2 Å². The number of nitrogens with zero attached hydrogens (tertiary/aromatic N) is 2. The Kier molecular flexibility index (Phi) is 5.53. The van der Waals surface area contributed by atoms with Gasteiger partial charge >= 0.3 is 6.09 Å². The Bertz CT molecular complexity index is 578. The van der Waals surface area contributed by atoms with E-state index in [4.69, 9.17) is 4.74 Å². The van der Waals surface area contributed by atoms with Crippen LogP contribution in [0.25, 0.3) is 0 Å². The van der Waals surface area contributed by atoms with Gasteiger partial charge in [-0.2, -0.15) is 0 Å². The second-order valence-corrected chi connectivity index (χ2v) is 7.93. The fourth-order valence-corrected chi connectivity index (χ4v) is 3.06. The van der Waals surface area contributed by atoms with Crippen LogP contribution in [0.1, 0.15) is 71.0 Å². The molecule has 0 radical (unpaired) electrons. The van der Waals surface area contributed by atoms with Crippen molar-refractivity contribution in [2.75, 3.05) is 6.54 Å². The van der Waals surface area contributed by atoms with Crippen LogP contribution in [0.15, 0.2) is 18.5 Å². The number of hydrogen-bond donors (Lipinski definition) is 1. The molecule has 134 valence electrons. The predicted molar refractivity (Wildman–Crippen MR) is 93.8 cm³/mol. The second-order valence-electron chi connectivity index (χ2n) is 7.93. The van der Waals surface area contributed by atoms with Crippen molar-refractivity contribution in [3.63, 3.8) is 0 Å². The highest BCUT2D eigenvalue weighted by Gasteiger charge is 2.35. The number of aliphatic hydroxyl groups is 1. The molecule has 1 aliphatic heterocycles. The first-order valence-corrected chi connectivity index (χ1v) is 8.78. The van der Waals surface area contributed by atoms with Crippen LogP contribution in [0.4, 0.5) is 4.79 Å². The molecule has 1 amide bonds. The highest BCUT2D eigenvalue weighted by Crippen LogP contribution is 2.35. The number of pyridine rings is 1. The summed E-state index contributed by atoms with van der Waals surface area (Å²) in [5.41, 5.74) is 0.811. The van der Waals surface area contributed by atoms with Gasteiger partial charge in [0.05, 0.1) is 11.6 Å². The number of amides is 1. The Morgan fingerprint density at radius 2 is 2.12 bits per heavy atom. The molecule has 24 heavy (non-hydrogen) atoms. The lowest BCUT2D eigenvalue weighted by Crippen LogP contribution is -2.37. The van der Waals surface area contributed by atoms with Gasteiger partial charge in [-0.25, -0.2) is 4.79 Å². The van der Waals surface area contributed by atoms with Crippen molar-refractivity contribution in [1.29, 1.82) is 0 Å². The van der Waals surface area contributed by atoms with Gasteiger partial charge in [-0.3, -0.25) is 4.98 Å². The summed E-state index contributed by atoms with van der Waals surface area (Å²) in [6.45, 7) is 10.1. The van der Waals surface area contributed by atoms with Crippen molar-refractivity contribution in [2.24, 2.45) is 0 Å². The standard InChI is InChI=1S/C19H30N2O3/c1-6-19(5,23)12-14-9-10-20-13-15(14)16-8-7-11-21(16)17(22)24-18(2,3)4/h9-10,13,16,23H,6-8,11-12H2,1-5H3. The van der Waals surface area contributed by atoms with E-state index in [1.807, 2.05) is 46.9 Å². The van der Waals surface area contributed by atoms with Crippen molar-refractivity contribution in [1.82, 2.24) is 9.88 Å². The molecule has 5 heteroatoms. The summed E-state index contributed by atoms with van der Waals surface area (Å²) in [4.78, 5) is 18.6. The van der Waals surface area contributed by atoms with E-state index in [0.717, 1.165) is 24.0 Å². The normalized spacial score (nSPS) is 20.8. The van der Waals surface area contributed by atoms with E-state index in [9.17, 15) is 9.90 Å². The summed E-state index contributed by atoms with van der Waals surface area (Å²) >= 11 is 0. The SMILES string of the molecule is CCC(C)(O)Cc1ccncc1C1CCCN1C(=O)OC(C)(C)C. The van der Waals surface area contributed by atoms with Gasteiger partial charge in [0.1, 0.15) is 5.60 Å². The molecule has 1 aromatic heterocycles. The number of hydrogen-bond acceptors (Lipinski definition) is 4. The van der Waals surface area contributed by atoms with E-state index in [1.54, 1.807) is 11.1 Å². The number of aromatic nitrogens is 1. The summed E-state index contributed by atoms with van der Waals surface area (Å²) in [6, 6.07) is 1.92. The lowest BCUT2D eigenvalue weighted by molar-refractivity contribution is 0.0222. The molecular formula is C19H30N2O3. The lowest BCUT2D eigenvalue weighted by atomic mass is 9.89. The lowest BCUT2D eigenvalue weighted by Gasteiger charge is -2.30. The summed E-state index contributed by atoms with van der Waals surface area (Å²) in [7, 11) is 0. The fraction of sp³-hybridized carbons (Fsp3) is 0.684. The maximum absolute atomic E-state index is 12.5. The van der Waals surface area contributed by atoms with Gasteiger partial charge in [-0.05, 0) is 64.2 Å². The van der Waals surface area contributed by atoms with E-state index < -0.39 is 11.2 Å². The Morgan fingerprint density at radius 3 is 2.75 bits per heavy atom. The minimum atomic E-state index is -0.758. The van der Waals surface area contributed by atoms with Crippen molar-refractivity contribution in [2.45, 2.75) is 77.5 Å². The van der Waals surface area contributed by atoms with Crippen LogP contribution < -0.4 is 0 Å². The Hall–Kier alpha value is -1.62. The van der Waals surface area contributed by atoms with Crippen molar-refractivity contribution < 1.29 is 14.6 Å². The van der Waals surface area contributed by atoms with Gasteiger partial charge < -0.3 is 14.7 Å². The monoisotopic (exact) mass is 334 g/mol. The van der Waals surface area contributed by atoms with Gasteiger partial charge in [0.25, 0.3) is 0 Å². The second kappa shape index (κ2) is 7.09. The maximum atomic E-state index is 12.5. The molecule has 2 rings (SSSR count). The average Bonchev–Trinajstić information content (AvgIpc) is 2.95. The van der Waals surface area contributed by atoms with Gasteiger partial charge in [-0.15, -0.1) is 0 Å². The Labute approximate surface area is 145 Å². The summed E-state index contributed by atoms with van der Waals surface area (Å²) in [5.74, 6) is 0. The van der Waals surface area contributed by atoms with Crippen molar-refractivity contribution in [3.8, 4) is 0 Å². The summed E-state index contributed by atoms with van der Waals surface area (Å²) in [6.07, 6.45) is 6.37. The van der Waals surface area contributed by atoms with E-state index >= 15 is 0 Å². The first-order chi connectivity index (χ1) is 11.1. The molecule has 0 bridgehead atoms. The number of ether oxygens (including phenoxy) is 1. The fourth-order valence-electron chi connectivity index (χ4n) is 3.06. The molecule has 0 aliphatic carbocycles. The first kappa shape index (κ1) is 18.7. The molecule has 0 spiro atoms. The van der Waals surface area contributed by atoms with Crippen LogP contribution in [0.3, 0.4) is 0 Å². The number of rotatable bonds is 4. The molecule has 1 N–H and O–H groups in total. The highest BCUT2D eigenvalue weighted by atomic mass is 16.6. The van der Waals surface area contributed by atoms with Gasteiger partial charge in [0, 0.05) is 25.4 Å². The predicted octanol–water partition coefficient (Wildman–Crippen LogP) is 3.86. The zero-order chi connectivity index (χ0) is 18.0. The zero-order valence-corrected chi connectivity index (χ0v) is 15.5. The molecule has 0 aromatic carbocycles. The van der Waals surface area contributed by atoms with Crippen LogP contribution in [0.5, 0.6) is 0 Å². The van der Waals surface area contributed by atoms with Gasteiger partial charge in [0.2, 0.25) is 0 Å². The molecule has 0 saturated carbocycles. The minimum Gasteiger partial charge on any atom is -0.444 e. The van der Waals surface area contributed by atoms with Crippen LogP contribution >= 0.6 is 0 Å². The molecule has 1 fully saturated rings. The largest absolute Gasteiger partial charge is 0.444 e. The maximum Gasteiger partial charge on any atom is 0.410 e. The van der Waals surface area contributed by atoms with Crippen LogP contribution in [0, 0.1) is 0 Å². The molecule has 1 aliphatic rings. The molecule has 1 saturated heterocycles. The van der Waals surface area contributed by atoms with Crippen molar-refractivity contribution in [3.05, 3.63) is 29.6 Å². The minimum absolute atomic E-state index is 0.0313. The molecule has 5 nitrogen and oxygen atoms in total. The summed E-state index contributed by atoms with van der Waals surface area (Å²) < 4.78 is 5.55. The van der Waals surface area contributed by atoms with Gasteiger partial charge in [0.15, 0.2) is 0 Å². The smallest absolute Gasteiger partial charge is 0.410 e. The first-order valence-electron chi connectivity index (χ1n) is 8.78. The van der Waals surface area contributed by atoms with E-state index in [-0.39, 0.29) is 12.1 Å². The number of carbonyl (C=O) groups is 1. The third-order valence-corrected chi connectivity index (χ3v) is 4.52. The van der Waals surface area contributed by atoms with Crippen molar-refractivity contribution >= 4 is 6.09 Å². The molecule has 2 atom stereocenters. The number of carbonyl (C=O) groups excluding carboxylic acids is 1. The molecule has 1 aromatic rings. The van der Waals surface area contributed by atoms with Crippen LogP contribution in [0.2, 0.25) is 0 Å². The number of likely N-dealkylation sites (tertiary alicyclic amines) is 1. The topological polar surface area (TPSA) is 62.7 Å². The third-order valence-electron chi connectivity index (χ3n) is 4.52. The molecular weight excluding hydrogens is 304 g/mol. The quantitative estimate of drug-likeness (QED) is 0.908. The Balaban J connectivity index is 2.25. The molecule has 2 unspecified atom stereocenters. The molecule has 2 heterocycles. The average molecular weight is 334 g/mol. The van der Waals surface area contributed by atoms with Crippen LogP contribution in [-0.4, -0.2) is 38.8 Å². The zero-order valence-electron chi connectivity index (χ0n) is 15.5. The Morgan fingerprint density at radius 1 is 1.42 bits per heavy atom. The highest BCUT2D eigenvalue weighted by molar-refractivity contribution is 5.69. The summed E-state index contributed by atoms with van der Waals surface area (Å²) in [5, 5.41) is 10.4. The van der Waals surface area contributed by atoms with Gasteiger partial charge in [-0.1, -0.05) is 6.92 Å². The van der Waals surface area contributed by atoms with E-state index in [0.29, 0.717) is 19.4 Å². The third kappa shape index (κ3) is 4.69.